The summed E-state index contributed by atoms with van der Waals surface area (Å²) >= 11 is 0. The van der Waals surface area contributed by atoms with E-state index in [1.165, 1.54) is 6.92 Å². The first-order chi connectivity index (χ1) is 5.95. The molecule has 0 unspecified atom stereocenters. The molecule has 0 aromatic heterocycles. The van der Waals surface area contributed by atoms with E-state index in [4.69, 9.17) is 4.74 Å². The van der Waals surface area contributed by atoms with Crippen molar-refractivity contribution in [2.45, 2.75) is 39.2 Å². The highest BCUT2D eigenvalue weighted by Gasteiger charge is 2.35. The van der Waals surface area contributed by atoms with Crippen LogP contribution < -0.4 is 0 Å². The molecule has 76 valence electrons. The van der Waals surface area contributed by atoms with Crippen LogP contribution >= 0.6 is 0 Å². The summed E-state index contributed by atoms with van der Waals surface area (Å²) in [4.78, 5) is 20.6. The number of carbonyl (C=O) groups excluding carboxylic acids is 1. The van der Waals surface area contributed by atoms with Crippen LogP contribution in [0.15, 0.2) is 0 Å². The van der Waals surface area contributed by atoms with Gasteiger partial charge in [0.25, 0.3) is 0 Å². The monoisotopic (exact) mass is 189 g/mol. The Hall–Kier alpha value is -1.13. The van der Waals surface area contributed by atoms with E-state index in [9.17, 15) is 14.9 Å². The van der Waals surface area contributed by atoms with E-state index in [-0.39, 0.29) is 6.54 Å². The van der Waals surface area contributed by atoms with Crippen LogP contribution in [-0.2, 0) is 9.53 Å². The van der Waals surface area contributed by atoms with E-state index >= 15 is 0 Å². The van der Waals surface area contributed by atoms with Crippen molar-refractivity contribution in [3.63, 3.8) is 0 Å². The SMILES string of the molecule is CCC(CC)(C[N+](=O)[O-])OC(C)=O. The number of hydrogen-bond acceptors (Lipinski definition) is 4. The third-order valence-corrected chi connectivity index (χ3v) is 2.07. The van der Waals surface area contributed by atoms with Crippen molar-refractivity contribution < 1.29 is 14.5 Å². The van der Waals surface area contributed by atoms with Gasteiger partial charge in [-0.05, 0) is 12.8 Å². The maximum Gasteiger partial charge on any atom is 0.303 e. The number of ether oxygens (including phenoxy) is 1. The molecule has 0 heterocycles. The molecule has 5 heteroatoms. The molecule has 0 atom stereocenters. The van der Waals surface area contributed by atoms with Crippen LogP contribution in [0.25, 0.3) is 0 Å². The van der Waals surface area contributed by atoms with E-state index < -0.39 is 16.5 Å². The topological polar surface area (TPSA) is 69.4 Å². The summed E-state index contributed by atoms with van der Waals surface area (Å²) in [6.45, 7) is 4.49. The van der Waals surface area contributed by atoms with Crippen LogP contribution in [0.1, 0.15) is 33.6 Å². The molecule has 0 fully saturated rings. The fraction of sp³-hybridized carbons (Fsp3) is 0.875. The molecule has 0 amide bonds. The highest BCUT2D eigenvalue weighted by molar-refractivity contribution is 5.66. The molecule has 5 nitrogen and oxygen atoms in total. The zero-order valence-electron chi connectivity index (χ0n) is 8.20. The fourth-order valence-corrected chi connectivity index (χ4v) is 1.19. The van der Waals surface area contributed by atoms with E-state index in [1.807, 2.05) is 0 Å². The predicted octanol–water partition coefficient (Wildman–Crippen LogP) is 1.39. The molecule has 0 aliphatic heterocycles. The Kier molecular flexibility index (Phi) is 4.37. The van der Waals surface area contributed by atoms with Crippen molar-refractivity contribution in [2.75, 3.05) is 6.54 Å². The van der Waals surface area contributed by atoms with Crippen molar-refractivity contribution in [1.82, 2.24) is 0 Å². The lowest BCUT2D eigenvalue weighted by molar-refractivity contribution is -0.500. The quantitative estimate of drug-likeness (QED) is 0.372. The molecule has 13 heavy (non-hydrogen) atoms. The van der Waals surface area contributed by atoms with Crippen molar-refractivity contribution in [3.8, 4) is 0 Å². The van der Waals surface area contributed by atoms with Crippen LogP contribution in [0, 0.1) is 10.1 Å². The minimum Gasteiger partial charge on any atom is -0.452 e. The summed E-state index contributed by atoms with van der Waals surface area (Å²) in [5.74, 6) is -0.467. The second kappa shape index (κ2) is 4.79. The molecular weight excluding hydrogens is 174 g/mol. The molecule has 0 radical (unpaired) electrons. The Morgan fingerprint density at radius 1 is 1.46 bits per heavy atom. The van der Waals surface area contributed by atoms with Crippen LogP contribution in [0.3, 0.4) is 0 Å². The number of carbonyl (C=O) groups is 1. The van der Waals surface area contributed by atoms with E-state index in [0.717, 1.165) is 0 Å². The number of rotatable bonds is 5. The molecular formula is C8H15NO4. The lowest BCUT2D eigenvalue weighted by Gasteiger charge is -2.26. The van der Waals surface area contributed by atoms with Gasteiger partial charge in [-0.3, -0.25) is 14.9 Å². The van der Waals surface area contributed by atoms with Crippen LogP contribution in [-0.4, -0.2) is 23.0 Å². The summed E-state index contributed by atoms with van der Waals surface area (Å²) in [6.07, 6.45) is 0.925. The number of esters is 1. The number of nitrogens with zero attached hydrogens (tertiary/aromatic N) is 1. The van der Waals surface area contributed by atoms with Crippen LogP contribution in [0.2, 0.25) is 0 Å². The molecule has 0 spiro atoms. The van der Waals surface area contributed by atoms with Gasteiger partial charge < -0.3 is 4.74 Å². The summed E-state index contributed by atoms with van der Waals surface area (Å²) in [6, 6.07) is 0. The lowest BCUT2D eigenvalue weighted by Crippen LogP contribution is -2.40. The Labute approximate surface area is 77.2 Å². The van der Waals surface area contributed by atoms with Gasteiger partial charge in [0.05, 0.1) is 0 Å². The average Bonchev–Trinajstić information content (AvgIpc) is 2.01. The van der Waals surface area contributed by atoms with Crippen LogP contribution in [0.5, 0.6) is 0 Å². The second-order valence-electron chi connectivity index (χ2n) is 2.97. The molecule has 0 N–H and O–H groups in total. The fourth-order valence-electron chi connectivity index (χ4n) is 1.19. The van der Waals surface area contributed by atoms with Crippen LogP contribution in [0.4, 0.5) is 0 Å². The minimum atomic E-state index is -0.921. The molecule has 0 saturated carbocycles. The van der Waals surface area contributed by atoms with Gasteiger partial charge in [0.1, 0.15) is 0 Å². The summed E-state index contributed by atoms with van der Waals surface area (Å²) in [5.41, 5.74) is -0.921. The maximum atomic E-state index is 10.7. The Morgan fingerprint density at radius 3 is 2.15 bits per heavy atom. The van der Waals surface area contributed by atoms with Gasteiger partial charge in [0, 0.05) is 11.8 Å². The minimum absolute atomic E-state index is 0.320. The summed E-state index contributed by atoms with van der Waals surface area (Å²) in [7, 11) is 0. The van der Waals surface area contributed by atoms with Crippen molar-refractivity contribution in [3.05, 3.63) is 10.1 Å². The third-order valence-electron chi connectivity index (χ3n) is 2.07. The summed E-state index contributed by atoms with van der Waals surface area (Å²) in [5, 5.41) is 10.3. The molecule has 0 aromatic carbocycles. The van der Waals surface area contributed by atoms with E-state index in [0.29, 0.717) is 12.8 Å². The molecule has 0 aromatic rings. The Bertz CT molecular complexity index is 180. The number of hydrogen-bond donors (Lipinski definition) is 0. The van der Waals surface area contributed by atoms with Gasteiger partial charge in [0.15, 0.2) is 5.60 Å². The Morgan fingerprint density at radius 2 is 1.92 bits per heavy atom. The molecule has 0 aliphatic carbocycles. The highest BCUT2D eigenvalue weighted by Crippen LogP contribution is 2.20. The highest BCUT2D eigenvalue weighted by atomic mass is 16.6. The molecule has 0 rings (SSSR count). The van der Waals surface area contributed by atoms with Gasteiger partial charge in [-0.25, -0.2) is 0 Å². The van der Waals surface area contributed by atoms with Crippen molar-refractivity contribution in [1.29, 1.82) is 0 Å². The van der Waals surface area contributed by atoms with Gasteiger partial charge in [-0.15, -0.1) is 0 Å². The zero-order valence-corrected chi connectivity index (χ0v) is 8.20. The van der Waals surface area contributed by atoms with Gasteiger partial charge >= 0.3 is 5.97 Å². The first-order valence-corrected chi connectivity index (χ1v) is 4.27. The van der Waals surface area contributed by atoms with E-state index in [1.54, 1.807) is 13.8 Å². The third kappa shape index (κ3) is 3.87. The molecule has 0 saturated heterocycles. The first-order valence-electron chi connectivity index (χ1n) is 4.27. The molecule has 0 aliphatic rings. The van der Waals surface area contributed by atoms with Crippen molar-refractivity contribution >= 4 is 5.97 Å². The maximum absolute atomic E-state index is 10.7. The van der Waals surface area contributed by atoms with Gasteiger partial charge in [-0.1, -0.05) is 13.8 Å². The predicted molar refractivity (Wildman–Crippen MR) is 46.9 cm³/mol. The second-order valence-corrected chi connectivity index (χ2v) is 2.97. The molecule has 0 bridgehead atoms. The standard InChI is InChI=1S/C8H15NO4/c1-4-8(5-2,6-9(11)12)13-7(3)10/h4-6H2,1-3H3. The average molecular weight is 189 g/mol. The lowest BCUT2D eigenvalue weighted by atomic mass is 9.97. The van der Waals surface area contributed by atoms with Gasteiger partial charge in [-0.2, -0.15) is 0 Å². The van der Waals surface area contributed by atoms with Gasteiger partial charge in [0.2, 0.25) is 6.54 Å². The smallest absolute Gasteiger partial charge is 0.303 e. The largest absolute Gasteiger partial charge is 0.452 e. The number of nitro groups is 1. The van der Waals surface area contributed by atoms with Crippen molar-refractivity contribution in [2.24, 2.45) is 0 Å². The zero-order chi connectivity index (χ0) is 10.5. The van der Waals surface area contributed by atoms with E-state index in [2.05, 4.69) is 0 Å². The Balaban J connectivity index is 4.48. The first kappa shape index (κ1) is 11.9. The normalized spacial score (nSPS) is 11.0. The summed E-state index contributed by atoms with van der Waals surface area (Å²) < 4.78 is 4.97.